The lowest BCUT2D eigenvalue weighted by Gasteiger charge is -2.17. The minimum Gasteiger partial charge on any atom is -0.494 e. The predicted molar refractivity (Wildman–Crippen MR) is 131 cm³/mol. The van der Waals surface area contributed by atoms with Crippen LogP contribution in [0.1, 0.15) is 29.3 Å². The SMILES string of the molecule is CCOC(=O)c1cnn(-c2cc(C)c3cccc(OC)c3n2)c1NC(=O)C1CC(=O)N(CCOC)C1. The van der Waals surface area contributed by atoms with Gasteiger partial charge in [-0.25, -0.2) is 9.78 Å². The van der Waals surface area contributed by atoms with Crippen LogP contribution < -0.4 is 10.1 Å². The van der Waals surface area contributed by atoms with Crippen molar-refractivity contribution in [2.24, 2.45) is 5.92 Å². The van der Waals surface area contributed by atoms with E-state index in [9.17, 15) is 14.4 Å². The van der Waals surface area contributed by atoms with Crippen molar-refractivity contribution >= 4 is 34.5 Å². The number of rotatable bonds is 9. The number of benzene rings is 1. The van der Waals surface area contributed by atoms with Crippen LogP contribution in [0.2, 0.25) is 0 Å². The van der Waals surface area contributed by atoms with Gasteiger partial charge < -0.3 is 24.4 Å². The molecule has 2 aromatic heterocycles. The summed E-state index contributed by atoms with van der Waals surface area (Å²) in [6, 6.07) is 7.44. The molecule has 1 atom stereocenters. The molecule has 11 heteroatoms. The Kier molecular flexibility index (Phi) is 7.49. The molecule has 1 fully saturated rings. The second-order valence-electron chi connectivity index (χ2n) is 8.42. The second kappa shape index (κ2) is 10.7. The first-order valence-electron chi connectivity index (χ1n) is 11.6. The number of amides is 2. The molecule has 0 spiro atoms. The maximum atomic E-state index is 13.2. The molecule has 2 amide bonds. The summed E-state index contributed by atoms with van der Waals surface area (Å²) in [5, 5.41) is 8.06. The molecular weight excluding hydrogens is 466 g/mol. The Morgan fingerprint density at radius 3 is 2.78 bits per heavy atom. The average molecular weight is 496 g/mol. The van der Waals surface area contributed by atoms with Crippen LogP contribution in [-0.4, -0.2) is 78.0 Å². The van der Waals surface area contributed by atoms with E-state index in [0.717, 1.165) is 10.9 Å². The maximum absolute atomic E-state index is 13.2. The third-order valence-corrected chi connectivity index (χ3v) is 6.09. The van der Waals surface area contributed by atoms with E-state index in [4.69, 9.17) is 19.2 Å². The van der Waals surface area contributed by atoms with E-state index in [2.05, 4.69) is 10.4 Å². The quantitative estimate of drug-likeness (QED) is 0.449. The first-order valence-corrected chi connectivity index (χ1v) is 11.6. The van der Waals surface area contributed by atoms with E-state index < -0.39 is 17.8 Å². The van der Waals surface area contributed by atoms with E-state index in [0.29, 0.717) is 30.2 Å². The molecule has 4 rings (SSSR count). The van der Waals surface area contributed by atoms with E-state index in [1.807, 2.05) is 25.1 Å². The number of aromatic nitrogens is 3. The van der Waals surface area contributed by atoms with Gasteiger partial charge in [0.1, 0.15) is 16.8 Å². The lowest BCUT2D eigenvalue weighted by atomic mass is 10.1. The van der Waals surface area contributed by atoms with Gasteiger partial charge >= 0.3 is 5.97 Å². The van der Waals surface area contributed by atoms with Crippen LogP contribution in [0.5, 0.6) is 5.75 Å². The predicted octanol–water partition coefficient (Wildman–Crippen LogP) is 2.35. The molecule has 0 radical (unpaired) electrons. The third kappa shape index (κ3) is 4.87. The molecule has 1 N–H and O–H groups in total. The number of aryl methyl sites for hydroxylation is 1. The molecule has 0 saturated carbocycles. The number of carbonyl (C=O) groups is 3. The van der Waals surface area contributed by atoms with E-state index in [1.54, 1.807) is 32.1 Å². The highest BCUT2D eigenvalue weighted by atomic mass is 16.5. The smallest absolute Gasteiger partial charge is 0.343 e. The van der Waals surface area contributed by atoms with Crippen molar-refractivity contribution in [3.63, 3.8) is 0 Å². The molecule has 1 aliphatic rings. The highest BCUT2D eigenvalue weighted by Gasteiger charge is 2.35. The van der Waals surface area contributed by atoms with Gasteiger partial charge in [-0.15, -0.1) is 0 Å². The van der Waals surface area contributed by atoms with Crippen molar-refractivity contribution in [2.45, 2.75) is 20.3 Å². The van der Waals surface area contributed by atoms with Crippen LogP contribution in [-0.2, 0) is 19.1 Å². The number of ether oxygens (including phenoxy) is 3. The molecule has 190 valence electrons. The highest BCUT2D eigenvalue weighted by Crippen LogP contribution is 2.30. The molecule has 0 aliphatic carbocycles. The third-order valence-electron chi connectivity index (χ3n) is 6.09. The van der Waals surface area contributed by atoms with E-state index >= 15 is 0 Å². The van der Waals surface area contributed by atoms with Crippen LogP contribution in [0, 0.1) is 12.8 Å². The molecule has 1 aromatic carbocycles. The van der Waals surface area contributed by atoms with Crippen LogP contribution in [0.4, 0.5) is 5.82 Å². The number of nitrogens with one attached hydrogen (secondary N) is 1. The van der Waals surface area contributed by atoms with E-state index in [-0.39, 0.29) is 36.9 Å². The van der Waals surface area contributed by atoms with Gasteiger partial charge in [-0.2, -0.15) is 9.78 Å². The number of anilines is 1. The van der Waals surface area contributed by atoms with Gasteiger partial charge in [0.2, 0.25) is 11.8 Å². The minimum absolute atomic E-state index is 0.0724. The van der Waals surface area contributed by atoms with Gasteiger partial charge in [-0.3, -0.25) is 9.59 Å². The lowest BCUT2D eigenvalue weighted by Crippen LogP contribution is -2.31. The molecule has 1 unspecified atom stereocenters. The van der Waals surface area contributed by atoms with Gasteiger partial charge in [0.25, 0.3) is 0 Å². The lowest BCUT2D eigenvalue weighted by molar-refractivity contribution is -0.128. The first-order chi connectivity index (χ1) is 17.4. The number of nitrogens with zero attached hydrogens (tertiary/aromatic N) is 4. The Hall–Kier alpha value is -3.99. The van der Waals surface area contributed by atoms with Crippen LogP contribution in [0.15, 0.2) is 30.5 Å². The fraction of sp³-hybridized carbons (Fsp3) is 0.400. The summed E-state index contributed by atoms with van der Waals surface area (Å²) in [5.74, 6) is -0.628. The number of carbonyl (C=O) groups excluding carboxylic acids is 3. The van der Waals surface area contributed by atoms with Gasteiger partial charge in [-0.05, 0) is 31.5 Å². The Bertz CT molecular complexity index is 1300. The van der Waals surface area contributed by atoms with E-state index in [1.165, 1.54) is 10.9 Å². The summed E-state index contributed by atoms with van der Waals surface area (Å²) < 4.78 is 17.1. The van der Waals surface area contributed by atoms with Gasteiger partial charge in [-0.1, -0.05) is 12.1 Å². The van der Waals surface area contributed by atoms with Crippen molar-refractivity contribution in [1.82, 2.24) is 19.7 Å². The molecule has 11 nitrogen and oxygen atoms in total. The van der Waals surface area contributed by atoms with Crippen LogP contribution >= 0.6 is 0 Å². The number of esters is 1. The number of hydrogen-bond acceptors (Lipinski definition) is 8. The van der Waals surface area contributed by atoms with Crippen molar-refractivity contribution < 1.29 is 28.6 Å². The standard InChI is InChI=1S/C25H29N5O6/c1-5-36-25(33)18-13-26-30(20-11-15(2)17-7-6-8-19(35-4)22(17)27-20)23(18)28-24(32)16-12-21(31)29(14-16)9-10-34-3/h6-8,11,13,16H,5,9-10,12,14H2,1-4H3,(H,28,32). The molecule has 3 heterocycles. The van der Waals surface area contributed by atoms with Crippen molar-refractivity contribution in [3.8, 4) is 11.6 Å². The van der Waals surface area contributed by atoms with Crippen molar-refractivity contribution in [3.05, 3.63) is 41.6 Å². The fourth-order valence-corrected chi connectivity index (χ4v) is 4.23. The molecule has 3 aromatic rings. The number of hydrogen-bond donors (Lipinski definition) is 1. The molecule has 1 saturated heterocycles. The molecule has 0 bridgehead atoms. The largest absolute Gasteiger partial charge is 0.494 e. The van der Waals surface area contributed by atoms with Crippen LogP contribution in [0.3, 0.4) is 0 Å². The summed E-state index contributed by atoms with van der Waals surface area (Å²) in [5.41, 5.74) is 1.62. The number of methoxy groups -OCH3 is 2. The second-order valence-corrected chi connectivity index (χ2v) is 8.42. The summed E-state index contributed by atoms with van der Waals surface area (Å²) in [4.78, 5) is 44.5. The zero-order valence-corrected chi connectivity index (χ0v) is 20.7. The number of likely N-dealkylation sites (tertiary alicyclic amines) is 1. The number of pyridine rings is 1. The first kappa shape index (κ1) is 25.1. The Balaban J connectivity index is 1.72. The molecule has 36 heavy (non-hydrogen) atoms. The Morgan fingerprint density at radius 1 is 1.25 bits per heavy atom. The van der Waals surface area contributed by atoms with Gasteiger partial charge in [0, 0.05) is 32.0 Å². The monoisotopic (exact) mass is 495 g/mol. The van der Waals surface area contributed by atoms with Gasteiger partial charge in [0.15, 0.2) is 11.6 Å². The van der Waals surface area contributed by atoms with Gasteiger partial charge in [0.05, 0.1) is 32.4 Å². The zero-order valence-electron chi connectivity index (χ0n) is 20.7. The van der Waals surface area contributed by atoms with Crippen molar-refractivity contribution in [2.75, 3.05) is 45.8 Å². The molecular formula is C25H29N5O6. The Labute approximate surface area is 208 Å². The highest BCUT2D eigenvalue weighted by molar-refractivity contribution is 6.02. The number of fused-ring (bicyclic) bond motifs is 1. The summed E-state index contributed by atoms with van der Waals surface area (Å²) >= 11 is 0. The fourth-order valence-electron chi connectivity index (χ4n) is 4.23. The summed E-state index contributed by atoms with van der Waals surface area (Å²) in [6.07, 6.45) is 1.41. The topological polar surface area (TPSA) is 125 Å². The summed E-state index contributed by atoms with van der Waals surface area (Å²) in [6.45, 7) is 4.85. The zero-order chi connectivity index (χ0) is 25.8. The number of para-hydroxylation sites is 1. The minimum atomic E-state index is -0.627. The molecule has 1 aliphatic heterocycles. The Morgan fingerprint density at radius 2 is 2.06 bits per heavy atom. The summed E-state index contributed by atoms with van der Waals surface area (Å²) in [7, 11) is 3.12. The average Bonchev–Trinajstić information content (AvgIpc) is 3.45. The van der Waals surface area contributed by atoms with Crippen LogP contribution in [0.25, 0.3) is 16.7 Å². The van der Waals surface area contributed by atoms with Crippen molar-refractivity contribution in [1.29, 1.82) is 0 Å². The maximum Gasteiger partial charge on any atom is 0.343 e. The normalized spacial score (nSPS) is 15.4.